The molecule has 0 aliphatic rings. The van der Waals surface area contributed by atoms with Crippen molar-refractivity contribution in [1.29, 1.82) is 0 Å². The van der Waals surface area contributed by atoms with Crippen LogP contribution in [0.15, 0.2) is 35.2 Å². The van der Waals surface area contributed by atoms with Gasteiger partial charge in [0.1, 0.15) is 17.9 Å². The van der Waals surface area contributed by atoms with Gasteiger partial charge in [-0.25, -0.2) is 9.97 Å². The SMILES string of the molecule is CC(C)c1cc(NCCc2ccco2)ncn1. The number of aromatic nitrogens is 2. The third-order valence-electron chi connectivity index (χ3n) is 2.54. The minimum Gasteiger partial charge on any atom is -0.469 e. The largest absolute Gasteiger partial charge is 0.469 e. The molecule has 0 aromatic carbocycles. The van der Waals surface area contributed by atoms with Crippen molar-refractivity contribution in [3.8, 4) is 0 Å². The predicted molar refractivity (Wildman–Crippen MR) is 67.0 cm³/mol. The number of anilines is 1. The quantitative estimate of drug-likeness (QED) is 0.859. The van der Waals surface area contributed by atoms with E-state index < -0.39 is 0 Å². The molecule has 0 radical (unpaired) electrons. The Morgan fingerprint density at radius 3 is 2.94 bits per heavy atom. The van der Waals surface area contributed by atoms with Crippen molar-refractivity contribution >= 4 is 5.82 Å². The first-order valence-electron chi connectivity index (χ1n) is 5.84. The molecule has 1 N–H and O–H groups in total. The Labute approximate surface area is 101 Å². The fourth-order valence-corrected chi connectivity index (χ4v) is 1.55. The Morgan fingerprint density at radius 1 is 1.35 bits per heavy atom. The van der Waals surface area contributed by atoms with E-state index in [0.717, 1.165) is 30.2 Å². The zero-order valence-corrected chi connectivity index (χ0v) is 10.2. The van der Waals surface area contributed by atoms with E-state index in [1.807, 2.05) is 18.2 Å². The zero-order valence-electron chi connectivity index (χ0n) is 10.2. The van der Waals surface area contributed by atoms with Gasteiger partial charge in [-0.05, 0) is 18.1 Å². The van der Waals surface area contributed by atoms with Crippen LogP contribution in [0.25, 0.3) is 0 Å². The molecule has 0 bridgehead atoms. The molecule has 0 unspecified atom stereocenters. The number of nitrogens with zero attached hydrogens (tertiary/aromatic N) is 2. The van der Waals surface area contributed by atoms with Gasteiger partial charge in [-0.1, -0.05) is 13.8 Å². The molecule has 0 atom stereocenters. The van der Waals surface area contributed by atoms with Crippen LogP contribution >= 0.6 is 0 Å². The second kappa shape index (κ2) is 5.48. The Bertz CT molecular complexity index is 451. The minimum atomic E-state index is 0.420. The van der Waals surface area contributed by atoms with Gasteiger partial charge in [-0.3, -0.25) is 0 Å². The average Bonchev–Trinajstić information content (AvgIpc) is 2.82. The summed E-state index contributed by atoms with van der Waals surface area (Å²) in [5.74, 6) is 2.27. The van der Waals surface area contributed by atoms with Crippen LogP contribution < -0.4 is 5.32 Å². The smallest absolute Gasteiger partial charge is 0.129 e. The molecule has 0 fully saturated rings. The van der Waals surface area contributed by atoms with Gasteiger partial charge in [0, 0.05) is 24.7 Å². The molecule has 4 nitrogen and oxygen atoms in total. The maximum Gasteiger partial charge on any atom is 0.129 e. The van der Waals surface area contributed by atoms with Crippen molar-refractivity contribution in [1.82, 2.24) is 9.97 Å². The summed E-state index contributed by atoms with van der Waals surface area (Å²) >= 11 is 0. The molecule has 17 heavy (non-hydrogen) atoms. The van der Waals surface area contributed by atoms with Gasteiger partial charge in [0.05, 0.1) is 6.26 Å². The first-order chi connectivity index (χ1) is 8.25. The number of furan rings is 1. The van der Waals surface area contributed by atoms with Crippen molar-refractivity contribution in [2.24, 2.45) is 0 Å². The van der Waals surface area contributed by atoms with Crippen LogP contribution in [0.1, 0.15) is 31.2 Å². The van der Waals surface area contributed by atoms with Crippen LogP contribution in [-0.2, 0) is 6.42 Å². The van der Waals surface area contributed by atoms with Crippen LogP contribution in [0.2, 0.25) is 0 Å². The molecular weight excluding hydrogens is 214 g/mol. The molecule has 0 spiro atoms. The first-order valence-corrected chi connectivity index (χ1v) is 5.84. The van der Waals surface area contributed by atoms with E-state index in [2.05, 4.69) is 29.1 Å². The number of hydrogen-bond donors (Lipinski definition) is 1. The molecule has 0 aliphatic heterocycles. The van der Waals surface area contributed by atoms with Gasteiger partial charge >= 0.3 is 0 Å². The second-order valence-electron chi connectivity index (χ2n) is 4.24. The van der Waals surface area contributed by atoms with Crippen LogP contribution in [0.5, 0.6) is 0 Å². The van der Waals surface area contributed by atoms with Crippen LogP contribution in [0.4, 0.5) is 5.82 Å². The Morgan fingerprint density at radius 2 is 2.24 bits per heavy atom. The average molecular weight is 231 g/mol. The topological polar surface area (TPSA) is 51.0 Å². The highest BCUT2D eigenvalue weighted by molar-refractivity contribution is 5.35. The van der Waals surface area contributed by atoms with E-state index in [9.17, 15) is 0 Å². The molecule has 0 aliphatic carbocycles. The molecule has 2 aromatic rings. The summed E-state index contributed by atoms with van der Waals surface area (Å²) in [6, 6.07) is 5.87. The summed E-state index contributed by atoms with van der Waals surface area (Å²) in [6.07, 6.45) is 4.15. The molecule has 2 aromatic heterocycles. The van der Waals surface area contributed by atoms with Crippen LogP contribution in [0, 0.1) is 0 Å². The lowest BCUT2D eigenvalue weighted by atomic mass is 10.1. The Hall–Kier alpha value is -1.84. The van der Waals surface area contributed by atoms with Crippen molar-refractivity contribution in [2.45, 2.75) is 26.2 Å². The van der Waals surface area contributed by atoms with Gasteiger partial charge in [0.25, 0.3) is 0 Å². The second-order valence-corrected chi connectivity index (χ2v) is 4.24. The van der Waals surface area contributed by atoms with Gasteiger partial charge in [-0.2, -0.15) is 0 Å². The normalized spacial score (nSPS) is 10.8. The fourth-order valence-electron chi connectivity index (χ4n) is 1.55. The number of rotatable bonds is 5. The highest BCUT2D eigenvalue weighted by Gasteiger charge is 2.02. The monoisotopic (exact) mass is 231 g/mol. The van der Waals surface area contributed by atoms with Gasteiger partial charge in [0.15, 0.2) is 0 Å². The first kappa shape index (κ1) is 11.6. The van der Waals surface area contributed by atoms with E-state index in [1.54, 1.807) is 12.6 Å². The van der Waals surface area contributed by atoms with Gasteiger partial charge in [-0.15, -0.1) is 0 Å². The maximum absolute atomic E-state index is 5.26. The summed E-state index contributed by atoms with van der Waals surface area (Å²) < 4.78 is 5.26. The third-order valence-corrected chi connectivity index (χ3v) is 2.54. The summed E-state index contributed by atoms with van der Waals surface area (Å²) in [5, 5.41) is 3.27. The molecule has 0 saturated heterocycles. The number of nitrogens with one attached hydrogen (secondary N) is 1. The predicted octanol–water partition coefficient (Wildman–Crippen LogP) is 2.85. The van der Waals surface area contributed by atoms with Crippen LogP contribution in [0.3, 0.4) is 0 Å². The third kappa shape index (κ3) is 3.31. The van der Waals surface area contributed by atoms with Crippen molar-refractivity contribution in [3.05, 3.63) is 42.2 Å². The molecule has 2 heterocycles. The Balaban J connectivity index is 1.88. The van der Waals surface area contributed by atoms with E-state index in [0.29, 0.717) is 5.92 Å². The molecule has 4 heteroatoms. The van der Waals surface area contributed by atoms with E-state index in [1.165, 1.54) is 0 Å². The van der Waals surface area contributed by atoms with Crippen molar-refractivity contribution in [3.63, 3.8) is 0 Å². The lowest BCUT2D eigenvalue weighted by molar-refractivity contribution is 0.513. The fraction of sp³-hybridized carbons (Fsp3) is 0.385. The zero-order chi connectivity index (χ0) is 12.1. The summed E-state index contributed by atoms with van der Waals surface area (Å²) in [4.78, 5) is 8.42. The molecule has 90 valence electrons. The summed E-state index contributed by atoms with van der Waals surface area (Å²) in [7, 11) is 0. The van der Waals surface area contributed by atoms with E-state index in [-0.39, 0.29) is 0 Å². The van der Waals surface area contributed by atoms with Gasteiger partial charge in [0.2, 0.25) is 0 Å². The van der Waals surface area contributed by atoms with Gasteiger partial charge < -0.3 is 9.73 Å². The lowest BCUT2D eigenvalue weighted by Gasteiger charge is -2.07. The van der Waals surface area contributed by atoms with Crippen molar-refractivity contribution < 1.29 is 4.42 Å². The molecular formula is C13H17N3O. The Kier molecular flexibility index (Phi) is 3.75. The van der Waals surface area contributed by atoms with Crippen molar-refractivity contribution in [2.75, 3.05) is 11.9 Å². The lowest BCUT2D eigenvalue weighted by Crippen LogP contribution is -2.07. The number of hydrogen-bond acceptors (Lipinski definition) is 4. The van der Waals surface area contributed by atoms with E-state index in [4.69, 9.17) is 4.42 Å². The molecule has 0 amide bonds. The standard InChI is InChI=1S/C13H17N3O/c1-10(2)12-8-13(16-9-15-12)14-6-5-11-4-3-7-17-11/h3-4,7-10H,5-6H2,1-2H3,(H,14,15,16). The summed E-state index contributed by atoms with van der Waals surface area (Å²) in [6.45, 7) is 5.05. The highest BCUT2D eigenvalue weighted by atomic mass is 16.3. The summed E-state index contributed by atoms with van der Waals surface area (Å²) in [5.41, 5.74) is 1.06. The maximum atomic E-state index is 5.26. The molecule has 2 rings (SSSR count). The molecule has 0 saturated carbocycles. The minimum absolute atomic E-state index is 0.420. The highest BCUT2D eigenvalue weighted by Crippen LogP contribution is 2.13. The van der Waals surface area contributed by atoms with E-state index >= 15 is 0 Å². The van der Waals surface area contributed by atoms with Crippen LogP contribution in [-0.4, -0.2) is 16.5 Å².